The van der Waals surface area contributed by atoms with Crippen LogP contribution in [0.3, 0.4) is 0 Å². The van der Waals surface area contributed by atoms with E-state index in [2.05, 4.69) is 36.0 Å². The molecular weight excluding hydrogens is 285 g/mol. The Morgan fingerprint density at radius 2 is 2.14 bits per heavy atom. The van der Waals surface area contributed by atoms with E-state index in [0.717, 1.165) is 38.3 Å². The molecule has 1 heterocycles. The number of phenolic OH excluding ortho intramolecular Hbond substituents is 1. The molecule has 0 radical (unpaired) electrons. The van der Waals surface area contributed by atoms with Gasteiger partial charge in [0, 0.05) is 44.3 Å². The lowest BCUT2D eigenvalue weighted by Gasteiger charge is -2.45. The van der Waals surface area contributed by atoms with Crippen molar-refractivity contribution in [2.75, 3.05) is 39.8 Å². The van der Waals surface area contributed by atoms with Crippen LogP contribution < -0.4 is 5.32 Å². The molecule has 1 aromatic carbocycles. The first-order valence-electron chi connectivity index (χ1n) is 7.50. The number of nitrogens with one attached hydrogen (secondary N) is 1. The highest BCUT2D eigenvalue weighted by Gasteiger charge is 2.30. The van der Waals surface area contributed by atoms with Crippen molar-refractivity contribution in [3.05, 3.63) is 29.6 Å². The number of halogens is 1. The fourth-order valence-corrected chi connectivity index (χ4v) is 2.65. The number of benzene rings is 1. The van der Waals surface area contributed by atoms with E-state index in [1.807, 2.05) is 0 Å². The summed E-state index contributed by atoms with van der Waals surface area (Å²) in [5, 5.41) is 12.4. The Bertz CT molecular complexity index is 548. The minimum absolute atomic E-state index is 0.0973. The summed E-state index contributed by atoms with van der Waals surface area (Å²) < 4.78 is 12.9. The van der Waals surface area contributed by atoms with Gasteiger partial charge in [0.25, 0.3) is 5.91 Å². The van der Waals surface area contributed by atoms with Crippen LogP contribution in [0.4, 0.5) is 4.39 Å². The predicted molar refractivity (Wildman–Crippen MR) is 83.5 cm³/mol. The van der Waals surface area contributed by atoms with Gasteiger partial charge in [0.15, 0.2) is 0 Å². The molecule has 1 aliphatic rings. The molecule has 1 fully saturated rings. The molecule has 0 bridgehead atoms. The van der Waals surface area contributed by atoms with Crippen molar-refractivity contribution in [1.29, 1.82) is 0 Å². The highest BCUT2D eigenvalue weighted by molar-refractivity contribution is 5.96. The fraction of sp³-hybridized carbons (Fsp3) is 0.562. The van der Waals surface area contributed by atoms with E-state index in [-0.39, 0.29) is 22.8 Å². The molecule has 6 heteroatoms. The average Bonchev–Trinajstić information content (AvgIpc) is 2.42. The summed E-state index contributed by atoms with van der Waals surface area (Å²) in [5.41, 5.74) is 0.220. The molecule has 2 rings (SSSR count). The van der Waals surface area contributed by atoms with Gasteiger partial charge in [-0.15, -0.1) is 0 Å². The number of carbonyl (C=O) groups excluding carboxylic acids is 1. The normalized spacial score (nSPS) is 19.1. The van der Waals surface area contributed by atoms with E-state index in [1.165, 1.54) is 6.07 Å². The number of likely N-dealkylation sites (N-methyl/N-ethyl adjacent to an activating group) is 1. The second-order valence-electron chi connectivity index (χ2n) is 6.43. The molecule has 1 saturated heterocycles. The third-order valence-electron chi connectivity index (χ3n) is 4.31. The zero-order chi connectivity index (χ0) is 16.3. The number of phenols is 1. The van der Waals surface area contributed by atoms with E-state index in [0.29, 0.717) is 6.54 Å². The monoisotopic (exact) mass is 309 g/mol. The van der Waals surface area contributed by atoms with Gasteiger partial charge in [0.2, 0.25) is 0 Å². The summed E-state index contributed by atoms with van der Waals surface area (Å²) in [6.07, 6.45) is 0. The summed E-state index contributed by atoms with van der Waals surface area (Å²) in [6, 6.07) is 3.40. The van der Waals surface area contributed by atoms with Gasteiger partial charge in [-0.2, -0.15) is 0 Å². The van der Waals surface area contributed by atoms with Crippen LogP contribution >= 0.6 is 0 Å². The predicted octanol–water partition coefficient (Wildman–Crippen LogP) is 1.29. The summed E-state index contributed by atoms with van der Waals surface area (Å²) in [6.45, 7) is 8.57. The van der Waals surface area contributed by atoms with Crippen LogP contribution in [0.1, 0.15) is 24.2 Å². The van der Waals surface area contributed by atoms with Gasteiger partial charge >= 0.3 is 0 Å². The lowest BCUT2D eigenvalue weighted by atomic mass is 10.00. The Labute approximate surface area is 130 Å². The van der Waals surface area contributed by atoms with Crippen LogP contribution in [-0.2, 0) is 0 Å². The zero-order valence-corrected chi connectivity index (χ0v) is 13.4. The maximum absolute atomic E-state index is 12.9. The Balaban J connectivity index is 1.82. The van der Waals surface area contributed by atoms with Gasteiger partial charge in [-0.25, -0.2) is 4.39 Å². The molecular formula is C16H24FN3O2. The maximum Gasteiger partial charge on any atom is 0.255 e. The topological polar surface area (TPSA) is 55.8 Å². The van der Waals surface area contributed by atoms with Gasteiger partial charge in [0.05, 0.1) is 5.56 Å². The minimum Gasteiger partial charge on any atom is -0.507 e. The molecule has 0 aromatic heterocycles. The fourth-order valence-electron chi connectivity index (χ4n) is 2.65. The number of piperazine rings is 1. The van der Waals surface area contributed by atoms with Crippen LogP contribution in [0.2, 0.25) is 0 Å². The van der Waals surface area contributed by atoms with E-state index >= 15 is 0 Å². The number of aromatic hydroxyl groups is 1. The maximum atomic E-state index is 12.9. The van der Waals surface area contributed by atoms with Crippen molar-refractivity contribution in [2.24, 2.45) is 0 Å². The molecule has 0 aliphatic carbocycles. The molecule has 122 valence electrons. The van der Waals surface area contributed by atoms with Crippen LogP contribution in [0.5, 0.6) is 5.75 Å². The summed E-state index contributed by atoms with van der Waals surface area (Å²) >= 11 is 0. The van der Waals surface area contributed by atoms with Crippen LogP contribution in [0.15, 0.2) is 18.2 Å². The van der Waals surface area contributed by atoms with Gasteiger partial charge in [-0.3, -0.25) is 14.6 Å². The van der Waals surface area contributed by atoms with E-state index < -0.39 is 5.82 Å². The Morgan fingerprint density at radius 3 is 2.77 bits per heavy atom. The average molecular weight is 309 g/mol. The first kappa shape index (κ1) is 16.7. The second-order valence-corrected chi connectivity index (χ2v) is 6.43. The lowest BCUT2D eigenvalue weighted by Crippen LogP contribution is -2.58. The molecule has 1 aromatic rings. The van der Waals surface area contributed by atoms with Crippen molar-refractivity contribution in [2.45, 2.75) is 19.4 Å². The highest BCUT2D eigenvalue weighted by atomic mass is 19.1. The molecule has 1 aliphatic heterocycles. The van der Waals surface area contributed by atoms with Crippen LogP contribution in [-0.4, -0.2) is 66.1 Å². The second kappa shape index (κ2) is 6.62. The van der Waals surface area contributed by atoms with Gasteiger partial charge in [0.1, 0.15) is 11.6 Å². The third-order valence-corrected chi connectivity index (χ3v) is 4.31. The standard InChI is InChI=1S/C16H24FN3O2/c1-16(2)11-20(9-8-19(16)3)7-6-18-15(22)13-5-4-12(17)10-14(13)21/h4-5,10,21H,6-9,11H2,1-3H3,(H,18,22). The van der Waals surface area contributed by atoms with Crippen LogP contribution in [0, 0.1) is 5.82 Å². The van der Waals surface area contributed by atoms with E-state index in [1.54, 1.807) is 0 Å². The van der Waals surface area contributed by atoms with Crippen molar-refractivity contribution in [1.82, 2.24) is 15.1 Å². The van der Waals surface area contributed by atoms with Crippen molar-refractivity contribution in [3.8, 4) is 5.75 Å². The highest BCUT2D eigenvalue weighted by Crippen LogP contribution is 2.19. The third kappa shape index (κ3) is 3.96. The molecule has 5 nitrogen and oxygen atoms in total. The summed E-state index contributed by atoms with van der Waals surface area (Å²) in [7, 11) is 2.12. The quantitative estimate of drug-likeness (QED) is 0.880. The minimum atomic E-state index is -0.561. The van der Waals surface area contributed by atoms with Gasteiger partial charge in [-0.05, 0) is 33.0 Å². The number of carbonyl (C=O) groups is 1. The Kier molecular flexibility index (Phi) is 5.03. The number of amides is 1. The Morgan fingerprint density at radius 1 is 1.41 bits per heavy atom. The summed E-state index contributed by atoms with van der Waals surface area (Å²) in [4.78, 5) is 16.6. The molecule has 2 N–H and O–H groups in total. The molecule has 0 atom stereocenters. The largest absolute Gasteiger partial charge is 0.507 e. The van der Waals surface area contributed by atoms with Crippen molar-refractivity contribution >= 4 is 5.91 Å². The van der Waals surface area contributed by atoms with E-state index in [4.69, 9.17) is 0 Å². The number of rotatable bonds is 4. The number of hydrogen-bond acceptors (Lipinski definition) is 4. The molecule has 0 unspecified atom stereocenters. The molecule has 0 saturated carbocycles. The SMILES string of the molecule is CN1CCN(CCNC(=O)c2ccc(F)cc2O)CC1(C)C. The number of hydrogen-bond donors (Lipinski definition) is 2. The van der Waals surface area contributed by atoms with Crippen LogP contribution in [0.25, 0.3) is 0 Å². The molecule has 1 amide bonds. The van der Waals surface area contributed by atoms with Gasteiger partial charge < -0.3 is 10.4 Å². The number of nitrogens with zero attached hydrogens (tertiary/aromatic N) is 2. The first-order chi connectivity index (χ1) is 10.3. The lowest BCUT2D eigenvalue weighted by molar-refractivity contribution is 0.0405. The first-order valence-corrected chi connectivity index (χ1v) is 7.50. The van der Waals surface area contributed by atoms with Gasteiger partial charge in [-0.1, -0.05) is 0 Å². The van der Waals surface area contributed by atoms with Crippen molar-refractivity contribution in [3.63, 3.8) is 0 Å². The molecule has 22 heavy (non-hydrogen) atoms. The van der Waals surface area contributed by atoms with Crippen molar-refractivity contribution < 1.29 is 14.3 Å². The Hall–Kier alpha value is -1.66. The molecule has 0 spiro atoms. The smallest absolute Gasteiger partial charge is 0.255 e. The van der Waals surface area contributed by atoms with E-state index in [9.17, 15) is 14.3 Å². The summed E-state index contributed by atoms with van der Waals surface area (Å²) in [5.74, 6) is -1.28. The zero-order valence-electron chi connectivity index (χ0n) is 13.4.